The van der Waals surface area contributed by atoms with E-state index in [2.05, 4.69) is 41.9 Å². The predicted octanol–water partition coefficient (Wildman–Crippen LogP) is -1.47. The highest BCUT2D eigenvalue weighted by atomic mass is 16.7. The molecule has 0 aromatic carbocycles. The number of carbonyl (C=O) groups excluding carboxylic acids is 5. The first-order valence-corrected chi connectivity index (χ1v) is 44.3. The molecule has 8 fully saturated rings. The molecule has 4 saturated heterocycles. The quantitative estimate of drug-likeness (QED) is 0.0336. The molecule has 124 heavy (non-hydrogen) atoms. The van der Waals surface area contributed by atoms with Gasteiger partial charge in [-0.2, -0.15) is 0 Å². The molecule has 4 aliphatic heterocycles. The Bertz CT molecular complexity index is 3620. The summed E-state index contributed by atoms with van der Waals surface area (Å²) in [5.41, 5.74) is 0.0492. The fourth-order valence-electron chi connectivity index (χ4n) is 18.3. The minimum absolute atomic E-state index is 0.0128. The highest BCUT2D eigenvalue weighted by Gasteiger charge is 2.56. The summed E-state index contributed by atoms with van der Waals surface area (Å²) in [7, 11) is 0. The maximum absolute atomic E-state index is 14.3. The molecule has 4 saturated carbocycles. The van der Waals surface area contributed by atoms with Crippen LogP contribution in [0.4, 0.5) is 0 Å². The van der Waals surface area contributed by atoms with Crippen LogP contribution in [-0.4, -0.2) is 358 Å². The van der Waals surface area contributed by atoms with Crippen molar-refractivity contribution in [3.63, 3.8) is 0 Å². The van der Waals surface area contributed by atoms with E-state index in [1.165, 1.54) is 42.5 Å². The summed E-state index contributed by atoms with van der Waals surface area (Å²) in [6, 6.07) is -1.37. The lowest BCUT2D eigenvalue weighted by molar-refractivity contribution is -0.343. The molecule has 42 nitrogen and oxygen atoms in total. The number of Topliss-reactive ketones (excluding diaryl/α,β-unsaturated/α-hetero) is 1. The lowest BCUT2D eigenvalue weighted by atomic mass is 9.74. The Hall–Kier alpha value is -6.15. The second kappa shape index (κ2) is 49.0. The summed E-state index contributed by atoms with van der Waals surface area (Å²) in [5.74, 6) is -7.68. The smallest absolute Gasteiger partial charge is 0.332 e. The molecule has 0 unspecified atom stereocenters. The third-order valence-corrected chi connectivity index (χ3v) is 25.5. The van der Waals surface area contributed by atoms with Crippen molar-refractivity contribution in [2.75, 3.05) is 72.5 Å². The zero-order valence-corrected chi connectivity index (χ0v) is 71.7. The summed E-state index contributed by atoms with van der Waals surface area (Å²) >= 11 is 0. The molecule has 2 aromatic heterocycles. The standard InChI is InChI=1S/C82H134N10O32/c1-7-48-34-50(36-55(71(48)123-81-68(103)66(101)62(97)43(4)115-81)120-80-61(86-45(6)95)73(65(100)60(41-94)122-80)118-58(78(110)111)33-47-18-13-10-14-19-47)54(96)20-15-21-83-75(106)52-38-91(89-87-52)24-26-112-28-30-114-31-29-113-27-25-92-39-53(88-90-92)76(107)85-23-22-84-74(105)51-35-49(8-2)72(124-82-69(104)67(102)63(98)44(5)116-82)56(37-51)119-79-42(3)70(64(99)59(40-93)121-79)117-57(77(108)109)32-46-16-11-9-12-17-46/h38-39,42-44,46-51,55-73,79-82,93-94,97-104H,7-37,40-41H2,1-6H3,(H,83,106)(H,84,105)(H,85,107)(H,86,95)(H,108,109)(H,110,111)/t42-,43+,44+,48+,49+,50-,51-,55-,56-,57+,58+,59-,60-,61-,62-,63-,64+,65+,66-,67-,68+,69+,70-,71-,72-,73-,79-,80-,81+,82+/m1/s1. The van der Waals surface area contributed by atoms with Crippen molar-refractivity contribution in [2.24, 2.45) is 41.4 Å². The van der Waals surface area contributed by atoms with Crippen LogP contribution in [0.1, 0.15) is 191 Å². The number of aliphatic hydroxyl groups excluding tert-OH is 10. The predicted molar refractivity (Wildman–Crippen MR) is 427 cm³/mol. The number of ether oxygens (including phenoxy) is 13. The van der Waals surface area contributed by atoms with Crippen LogP contribution >= 0.6 is 0 Å². The molecular formula is C82H134N10O32. The number of nitrogens with one attached hydrogen (secondary N) is 4. The Kier molecular flexibility index (Phi) is 39.5. The number of carboxylic acid groups (broad SMARTS) is 2. The van der Waals surface area contributed by atoms with Gasteiger partial charge in [0.1, 0.15) is 79.0 Å². The van der Waals surface area contributed by atoms with E-state index in [0.29, 0.717) is 12.8 Å². The largest absolute Gasteiger partial charge is 0.479 e. The highest BCUT2D eigenvalue weighted by molar-refractivity contribution is 5.92. The first kappa shape index (κ1) is 100. The topological polar surface area (TPSA) is 592 Å². The van der Waals surface area contributed by atoms with Crippen molar-refractivity contribution < 1.29 is 156 Å². The first-order chi connectivity index (χ1) is 59.5. The molecule has 16 N–H and O–H groups in total. The van der Waals surface area contributed by atoms with E-state index in [1.54, 1.807) is 6.92 Å². The molecule has 10 rings (SSSR count). The zero-order valence-electron chi connectivity index (χ0n) is 71.7. The average molecular weight is 1770 g/mol. The van der Waals surface area contributed by atoms with Gasteiger partial charge in [0.25, 0.3) is 11.8 Å². The van der Waals surface area contributed by atoms with Crippen molar-refractivity contribution in [1.29, 1.82) is 0 Å². The number of aliphatic carboxylic acids is 2. The minimum Gasteiger partial charge on any atom is -0.479 e. The van der Waals surface area contributed by atoms with E-state index < -0.39 is 226 Å². The van der Waals surface area contributed by atoms with Crippen LogP contribution in [-0.2, 0) is 98.6 Å². The van der Waals surface area contributed by atoms with Crippen LogP contribution in [0.3, 0.4) is 0 Å². The van der Waals surface area contributed by atoms with Crippen molar-refractivity contribution in [2.45, 2.75) is 336 Å². The molecule has 6 heterocycles. The Morgan fingerprint density at radius 3 is 1.40 bits per heavy atom. The number of aromatic nitrogens is 6. The molecule has 4 amide bonds. The van der Waals surface area contributed by atoms with Gasteiger partial charge < -0.3 is 144 Å². The van der Waals surface area contributed by atoms with Gasteiger partial charge in [0, 0.05) is 50.7 Å². The van der Waals surface area contributed by atoms with Gasteiger partial charge in [0.05, 0.1) is 121 Å². The van der Waals surface area contributed by atoms with Crippen molar-refractivity contribution in [1.82, 2.24) is 51.3 Å². The van der Waals surface area contributed by atoms with Gasteiger partial charge in [-0.25, -0.2) is 19.0 Å². The van der Waals surface area contributed by atoms with Crippen molar-refractivity contribution >= 4 is 41.4 Å². The Labute approximate surface area is 720 Å². The van der Waals surface area contributed by atoms with E-state index in [9.17, 15) is 94.8 Å². The monoisotopic (exact) mass is 1770 g/mol. The van der Waals surface area contributed by atoms with Gasteiger partial charge >= 0.3 is 11.9 Å². The maximum Gasteiger partial charge on any atom is 0.332 e. The molecule has 0 radical (unpaired) electrons. The van der Waals surface area contributed by atoms with Crippen LogP contribution in [0.25, 0.3) is 0 Å². The van der Waals surface area contributed by atoms with E-state index in [4.69, 9.17) is 61.6 Å². The molecule has 0 bridgehead atoms. The van der Waals surface area contributed by atoms with Gasteiger partial charge in [0.2, 0.25) is 11.8 Å². The molecule has 30 atom stereocenters. The van der Waals surface area contributed by atoms with Gasteiger partial charge in [0.15, 0.2) is 48.8 Å². The van der Waals surface area contributed by atoms with Crippen LogP contribution in [0.5, 0.6) is 0 Å². The highest BCUT2D eigenvalue weighted by Crippen LogP contribution is 2.44. The molecule has 0 spiro atoms. The van der Waals surface area contributed by atoms with E-state index in [0.717, 1.165) is 64.2 Å². The van der Waals surface area contributed by atoms with Crippen molar-refractivity contribution in [3.05, 3.63) is 23.8 Å². The fraction of sp³-hybridized carbons (Fsp3) is 0.866. The number of hydrogen-bond acceptors (Lipinski definition) is 34. The summed E-state index contributed by atoms with van der Waals surface area (Å²) in [6.07, 6.45) is -18.0. The fourth-order valence-corrected chi connectivity index (χ4v) is 18.3. The molecule has 4 aliphatic carbocycles. The zero-order chi connectivity index (χ0) is 89.4. The normalized spacial score (nSPS) is 35.1. The van der Waals surface area contributed by atoms with Gasteiger partial charge in [-0.15, -0.1) is 10.2 Å². The number of amides is 4. The van der Waals surface area contributed by atoms with E-state index in [-0.39, 0.29) is 159 Å². The van der Waals surface area contributed by atoms with Gasteiger partial charge in [-0.05, 0) is 82.5 Å². The minimum atomic E-state index is -1.71. The molecule has 704 valence electrons. The Balaban J connectivity index is 0.617. The lowest BCUT2D eigenvalue weighted by Gasteiger charge is -2.49. The number of ketones is 1. The van der Waals surface area contributed by atoms with Crippen LogP contribution < -0.4 is 21.3 Å². The number of rotatable bonds is 46. The van der Waals surface area contributed by atoms with Crippen LogP contribution in [0.2, 0.25) is 0 Å². The number of carbonyl (C=O) groups is 7. The lowest BCUT2D eigenvalue weighted by Crippen LogP contribution is -2.67. The number of carboxylic acids is 2. The van der Waals surface area contributed by atoms with Gasteiger partial charge in [-0.3, -0.25) is 24.0 Å². The third kappa shape index (κ3) is 27.5. The van der Waals surface area contributed by atoms with Crippen molar-refractivity contribution in [3.8, 4) is 0 Å². The molecule has 42 heteroatoms. The van der Waals surface area contributed by atoms with Gasteiger partial charge in [-0.1, -0.05) is 108 Å². The SMILES string of the molecule is CC[C@H]1C[C@@H](C(=O)NCCNC(=O)c2cn(CCOCCOCCOCCn3cc(C(=O)NCCCC(=O)[C@@H]4C[C@H](CC)[C@@H](O[C@@H]5O[C@@H](C)[C@@H](O)[C@@H](O)[C@@H]5O)[C@H](O[C@@H]5O[C@H](CO)[C@H](O)[C@H](O[C@@H](CC6CCCCC6)C(=O)O)[C@H]5NC(C)=O)C4)nn3)nn2)C[C@@H](O[C@@H]2O[C@H](CO)[C@H](O)[C@H](O[C@@H](CC3CCCCC3)C(=O)O)[C@H]2C)[C@@H]1O[C@@H]1O[C@@H](C)[C@@H](O)[C@@H](O)[C@@H]1O. The third-order valence-electron chi connectivity index (χ3n) is 25.5. The summed E-state index contributed by atoms with van der Waals surface area (Å²) in [4.78, 5) is 93.1. The summed E-state index contributed by atoms with van der Waals surface area (Å²) in [6.45, 7) is 10.2. The first-order valence-electron chi connectivity index (χ1n) is 44.3. The number of nitrogens with zero attached hydrogens (tertiary/aromatic N) is 6. The second-order valence-electron chi connectivity index (χ2n) is 34.4. The van der Waals surface area contributed by atoms with Crippen LogP contribution in [0.15, 0.2) is 12.4 Å². The Morgan fingerprint density at radius 1 is 0.492 bits per heavy atom. The number of hydrogen-bond donors (Lipinski definition) is 16. The molecule has 8 aliphatic rings. The average Bonchev–Trinajstić information content (AvgIpc) is 1.25. The summed E-state index contributed by atoms with van der Waals surface area (Å²) < 4.78 is 82.8. The molecule has 2 aromatic rings. The molecular weight excluding hydrogens is 1640 g/mol. The Morgan fingerprint density at radius 2 is 0.927 bits per heavy atom. The summed E-state index contributed by atoms with van der Waals surface area (Å²) in [5, 5.41) is 157. The maximum atomic E-state index is 14.3. The van der Waals surface area contributed by atoms with E-state index >= 15 is 0 Å². The van der Waals surface area contributed by atoms with Crippen LogP contribution in [0, 0.1) is 41.4 Å². The van der Waals surface area contributed by atoms with E-state index in [1.807, 2.05) is 13.8 Å². The second-order valence-corrected chi connectivity index (χ2v) is 34.4. The number of aliphatic hydroxyl groups is 10.